The van der Waals surface area contributed by atoms with E-state index in [0.717, 1.165) is 17.2 Å². The second-order valence-corrected chi connectivity index (χ2v) is 5.87. The standard InChI is InChI=1S/C19H20F3NO2/c1-4-17(25-14-10-12(2)9-13(3)11-14)18(24)23-16-8-6-5-7-15(16)19(20,21)22/h5-11,17H,4H2,1-3H3,(H,23,24)/t17-/m0/s1. The third kappa shape index (κ3) is 4.98. The van der Waals surface area contributed by atoms with Crippen LogP contribution in [-0.4, -0.2) is 12.0 Å². The van der Waals surface area contributed by atoms with E-state index in [-0.39, 0.29) is 5.69 Å². The van der Waals surface area contributed by atoms with Gasteiger partial charge in [-0.05, 0) is 55.7 Å². The number of halogens is 3. The van der Waals surface area contributed by atoms with Gasteiger partial charge in [-0.1, -0.05) is 25.1 Å². The molecule has 1 amide bonds. The molecule has 0 aromatic heterocycles. The molecule has 6 heteroatoms. The van der Waals surface area contributed by atoms with Crippen LogP contribution >= 0.6 is 0 Å². The Labute approximate surface area is 144 Å². The summed E-state index contributed by atoms with van der Waals surface area (Å²) in [5.74, 6) is -0.0954. The fourth-order valence-corrected chi connectivity index (χ4v) is 2.54. The quantitative estimate of drug-likeness (QED) is 0.812. The van der Waals surface area contributed by atoms with Gasteiger partial charge in [0, 0.05) is 0 Å². The minimum absolute atomic E-state index is 0.275. The van der Waals surface area contributed by atoms with Gasteiger partial charge in [0.05, 0.1) is 11.3 Å². The summed E-state index contributed by atoms with van der Waals surface area (Å²) in [4.78, 5) is 12.4. The van der Waals surface area contributed by atoms with Gasteiger partial charge in [0.2, 0.25) is 0 Å². The van der Waals surface area contributed by atoms with Gasteiger partial charge in [-0.25, -0.2) is 0 Å². The van der Waals surface area contributed by atoms with Gasteiger partial charge in [-0.15, -0.1) is 0 Å². The lowest BCUT2D eigenvalue weighted by atomic mass is 10.1. The molecule has 0 saturated heterocycles. The van der Waals surface area contributed by atoms with E-state index >= 15 is 0 Å². The molecule has 134 valence electrons. The van der Waals surface area contributed by atoms with E-state index in [9.17, 15) is 18.0 Å². The van der Waals surface area contributed by atoms with Crippen molar-refractivity contribution in [3.8, 4) is 5.75 Å². The molecule has 0 aliphatic rings. The normalized spacial score (nSPS) is 12.6. The first-order valence-electron chi connectivity index (χ1n) is 7.92. The maximum Gasteiger partial charge on any atom is 0.418 e. The van der Waals surface area contributed by atoms with E-state index in [1.165, 1.54) is 18.2 Å². The van der Waals surface area contributed by atoms with E-state index in [2.05, 4.69) is 5.32 Å². The molecule has 0 radical (unpaired) electrons. The molecule has 0 saturated carbocycles. The van der Waals surface area contributed by atoms with Crippen molar-refractivity contribution in [3.05, 3.63) is 59.2 Å². The summed E-state index contributed by atoms with van der Waals surface area (Å²) in [6.45, 7) is 5.55. The zero-order valence-corrected chi connectivity index (χ0v) is 14.3. The van der Waals surface area contributed by atoms with Crippen LogP contribution < -0.4 is 10.1 Å². The van der Waals surface area contributed by atoms with Gasteiger partial charge >= 0.3 is 6.18 Å². The van der Waals surface area contributed by atoms with Crippen LogP contribution in [-0.2, 0) is 11.0 Å². The molecule has 0 fully saturated rings. The Kier molecular flexibility index (Phi) is 5.72. The molecule has 2 aromatic carbocycles. The van der Waals surface area contributed by atoms with E-state index in [1.54, 1.807) is 19.1 Å². The molecular formula is C19H20F3NO2. The Bertz CT molecular complexity index is 736. The van der Waals surface area contributed by atoms with Crippen molar-refractivity contribution in [1.82, 2.24) is 0 Å². The number of hydrogen-bond donors (Lipinski definition) is 1. The molecule has 1 N–H and O–H groups in total. The van der Waals surface area contributed by atoms with Crippen LogP contribution in [0.2, 0.25) is 0 Å². The van der Waals surface area contributed by atoms with Crippen molar-refractivity contribution in [2.24, 2.45) is 0 Å². The molecule has 0 aliphatic heterocycles. The lowest BCUT2D eigenvalue weighted by Gasteiger charge is -2.19. The largest absolute Gasteiger partial charge is 0.481 e. The molecular weight excluding hydrogens is 331 g/mol. The van der Waals surface area contributed by atoms with Gasteiger partial charge in [-0.3, -0.25) is 4.79 Å². The topological polar surface area (TPSA) is 38.3 Å². The maximum absolute atomic E-state index is 13.0. The minimum atomic E-state index is -4.54. The average Bonchev–Trinajstić information content (AvgIpc) is 2.51. The fourth-order valence-electron chi connectivity index (χ4n) is 2.54. The molecule has 25 heavy (non-hydrogen) atoms. The van der Waals surface area contributed by atoms with Crippen molar-refractivity contribution in [3.63, 3.8) is 0 Å². The van der Waals surface area contributed by atoms with Crippen molar-refractivity contribution >= 4 is 11.6 Å². The van der Waals surface area contributed by atoms with E-state index in [0.29, 0.717) is 12.2 Å². The summed E-state index contributed by atoms with van der Waals surface area (Å²) in [7, 11) is 0. The Balaban J connectivity index is 2.18. The molecule has 0 bridgehead atoms. The second-order valence-electron chi connectivity index (χ2n) is 5.87. The summed E-state index contributed by atoms with van der Waals surface area (Å²) in [5, 5.41) is 2.33. The van der Waals surface area contributed by atoms with Gasteiger partial charge in [0.1, 0.15) is 5.75 Å². The van der Waals surface area contributed by atoms with Crippen molar-refractivity contribution in [2.45, 2.75) is 39.5 Å². The highest BCUT2D eigenvalue weighted by molar-refractivity contribution is 5.95. The first kappa shape index (κ1) is 18.8. The van der Waals surface area contributed by atoms with Gasteiger partial charge in [0.15, 0.2) is 6.10 Å². The van der Waals surface area contributed by atoms with E-state index < -0.39 is 23.8 Å². The number of alkyl halides is 3. The van der Waals surface area contributed by atoms with Crippen molar-refractivity contribution < 1.29 is 22.7 Å². The summed E-state index contributed by atoms with van der Waals surface area (Å²) in [6.07, 6.45) is -5.10. The molecule has 1 atom stereocenters. The van der Waals surface area contributed by atoms with Crippen LogP contribution in [0.15, 0.2) is 42.5 Å². The number of carbonyl (C=O) groups is 1. The van der Waals surface area contributed by atoms with Crippen LogP contribution in [0.3, 0.4) is 0 Å². The number of hydrogen-bond acceptors (Lipinski definition) is 2. The molecule has 2 aromatic rings. The lowest BCUT2D eigenvalue weighted by Crippen LogP contribution is -2.33. The van der Waals surface area contributed by atoms with Crippen LogP contribution in [0.1, 0.15) is 30.0 Å². The lowest BCUT2D eigenvalue weighted by molar-refractivity contribution is -0.137. The number of anilines is 1. The van der Waals surface area contributed by atoms with E-state index in [4.69, 9.17) is 4.74 Å². The predicted molar refractivity (Wildman–Crippen MR) is 90.7 cm³/mol. The number of para-hydroxylation sites is 1. The van der Waals surface area contributed by atoms with Crippen LogP contribution in [0.5, 0.6) is 5.75 Å². The van der Waals surface area contributed by atoms with Gasteiger partial charge in [-0.2, -0.15) is 13.2 Å². The molecule has 0 aliphatic carbocycles. The summed E-state index contributed by atoms with van der Waals surface area (Å²) in [6, 6.07) is 10.4. The van der Waals surface area contributed by atoms with Crippen molar-refractivity contribution in [1.29, 1.82) is 0 Å². The first-order valence-corrected chi connectivity index (χ1v) is 7.92. The fraction of sp³-hybridized carbons (Fsp3) is 0.316. The summed E-state index contributed by atoms with van der Waals surface area (Å²) < 4.78 is 44.8. The number of aryl methyl sites for hydroxylation is 2. The third-order valence-electron chi connectivity index (χ3n) is 3.63. The zero-order valence-electron chi connectivity index (χ0n) is 14.3. The number of amides is 1. The second kappa shape index (κ2) is 7.59. The monoisotopic (exact) mass is 351 g/mol. The highest BCUT2D eigenvalue weighted by Gasteiger charge is 2.34. The third-order valence-corrected chi connectivity index (χ3v) is 3.63. The number of nitrogens with one attached hydrogen (secondary N) is 1. The highest BCUT2D eigenvalue weighted by atomic mass is 19.4. The van der Waals surface area contributed by atoms with Crippen LogP contribution in [0, 0.1) is 13.8 Å². The first-order chi connectivity index (χ1) is 11.7. The van der Waals surface area contributed by atoms with Gasteiger partial charge < -0.3 is 10.1 Å². The summed E-state index contributed by atoms with van der Waals surface area (Å²) >= 11 is 0. The van der Waals surface area contributed by atoms with Gasteiger partial charge in [0.25, 0.3) is 5.91 Å². The highest BCUT2D eigenvalue weighted by Crippen LogP contribution is 2.34. The smallest absolute Gasteiger partial charge is 0.418 e. The maximum atomic E-state index is 13.0. The predicted octanol–water partition coefficient (Wildman–Crippen LogP) is 5.12. The number of ether oxygens (including phenoxy) is 1. The zero-order chi connectivity index (χ0) is 18.6. The van der Waals surface area contributed by atoms with Crippen molar-refractivity contribution in [2.75, 3.05) is 5.32 Å². The van der Waals surface area contributed by atoms with Crippen LogP contribution in [0.4, 0.5) is 18.9 Å². The van der Waals surface area contributed by atoms with Crippen LogP contribution in [0.25, 0.3) is 0 Å². The molecule has 2 rings (SSSR count). The Morgan fingerprint density at radius 1 is 1.12 bits per heavy atom. The minimum Gasteiger partial charge on any atom is -0.481 e. The molecule has 0 heterocycles. The molecule has 0 unspecified atom stereocenters. The Hall–Kier alpha value is -2.50. The number of benzene rings is 2. The van der Waals surface area contributed by atoms with E-state index in [1.807, 2.05) is 19.9 Å². The Morgan fingerprint density at radius 2 is 1.72 bits per heavy atom. The number of rotatable bonds is 5. The molecule has 0 spiro atoms. The Morgan fingerprint density at radius 3 is 2.28 bits per heavy atom. The molecule has 3 nitrogen and oxygen atoms in total. The average molecular weight is 351 g/mol. The SMILES string of the molecule is CC[C@H](Oc1cc(C)cc(C)c1)C(=O)Nc1ccccc1C(F)(F)F. The summed E-state index contributed by atoms with van der Waals surface area (Å²) in [5.41, 5.74) is 0.799. The number of carbonyl (C=O) groups excluding carboxylic acids is 1.